The zero-order valence-corrected chi connectivity index (χ0v) is 10.9. The second kappa shape index (κ2) is 5.03. The normalized spacial score (nSPS) is 24.5. The van der Waals surface area contributed by atoms with Gasteiger partial charge in [0.1, 0.15) is 0 Å². The molecular formula is C16H24. The first-order chi connectivity index (χ1) is 7.69. The van der Waals surface area contributed by atoms with E-state index in [1.807, 2.05) is 0 Å². The molecule has 0 atom stereocenters. The van der Waals surface area contributed by atoms with Crippen LogP contribution in [0.25, 0.3) is 0 Å². The van der Waals surface area contributed by atoms with E-state index in [1.165, 1.54) is 24.8 Å². The molecule has 0 spiro atoms. The van der Waals surface area contributed by atoms with Gasteiger partial charge in [0.05, 0.1) is 0 Å². The van der Waals surface area contributed by atoms with Gasteiger partial charge in [0, 0.05) is 0 Å². The first-order valence-corrected chi connectivity index (χ1v) is 6.76. The average molecular weight is 216 g/mol. The van der Waals surface area contributed by atoms with E-state index in [2.05, 4.69) is 45.0 Å². The number of hydrogen-bond donors (Lipinski definition) is 0. The van der Waals surface area contributed by atoms with Crippen LogP contribution in [-0.2, 0) is 12.8 Å². The minimum atomic E-state index is 0.887. The summed E-state index contributed by atoms with van der Waals surface area (Å²) in [7, 11) is 0. The summed E-state index contributed by atoms with van der Waals surface area (Å²) >= 11 is 0. The van der Waals surface area contributed by atoms with Gasteiger partial charge in [-0.25, -0.2) is 0 Å². The van der Waals surface area contributed by atoms with Crippen LogP contribution in [0.2, 0.25) is 0 Å². The second-order valence-corrected chi connectivity index (χ2v) is 5.72. The van der Waals surface area contributed by atoms with Crippen LogP contribution in [0.1, 0.15) is 44.7 Å². The Morgan fingerprint density at radius 2 is 1.88 bits per heavy atom. The Bertz CT molecular complexity index is 332. The van der Waals surface area contributed by atoms with Crippen molar-refractivity contribution >= 4 is 0 Å². The zero-order chi connectivity index (χ0) is 11.5. The van der Waals surface area contributed by atoms with Crippen LogP contribution in [0, 0.1) is 17.8 Å². The van der Waals surface area contributed by atoms with Crippen LogP contribution in [0.4, 0.5) is 0 Å². The average Bonchev–Trinajstić information content (AvgIpc) is 2.22. The monoisotopic (exact) mass is 216 g/mol. The Morgan fingerprint density at radius 3 is 2.50 bits per heavy atom. The van der Waals surface area contributed by atoms with Crippen molar-refractivity contribution in [3.05, 3.63) is 35.4 Å². The molecule has 2 rings (SSSR count). The van der Waals surface area contributed by atoms with E-state index in [-0.39, 0.29) is 0 Å². The molecule has 0 aliphatic heterocycles. The Kier molecular flexibility index (Phi) is 3.68. The van der Waals surface area contributed by atoms with E-state index >= 15 is 0 Å². The van der Waals surface area contributed by atoms with E-state index in [4.69, 9.17) is 0 Å². The summed E-state index contributed by atoms with van der Waals surface area (Å²) in [6.45, 7) is 6.95. The predicted molar refractivity (Wildman–Crippen MR) is 70.6 cm³/mol. The highest BCUT2D eigenvalue weighted by Gasteiger charge is 2.30. The number of hydrogen-bond acceptors (Lipinski definition) is 0. The molecular weight excluding hydrogens is 192 g/mol. The smallest absolute Gasteiger partial charge is 0.0250 e. The summed E-state index contributed by atoms with van der Waals surface area (Å²) in [5.41, 5.74) is 3.03. The van der Waals surface area contributed by atoms with Gasteiger partial charge >= 0.3 is 0 Å². The zero-order valence-electron chi connectivity index (χ0n) is 10.9. The van der Waals surface area contributed by atoms with Gasteiger partial charge in [-0.15, -0.1) is 0 Å². The molecule has 0 nitrogen and oxygen atoms in total. The van der Waals surface area contributed by atoms with Crippen LogP contribution in [0.5, 0.6) is 0 Å². The standard InChI is InChI=1S/C16H24/c1-4-13-6-5-7-14(8-13)9-15-10-16(11-15)12(2)3/h5-8,12,15-16H,4,9-11H2,1-3H3. The van der Waals surface area contributed by atoms with E-state index in [9.17, 15) is 0 Å². The van der Waals surface area contributed by atoms with Crippen LogP contribution < -0.4 is 0 Å². The first kappa shape index (κ1) is 11.7. The lowest BCUT2D eigenvalue weighted by Crippen LogP contribution is -2.29. The lowest BCUT2D eigenvalue weighted by Gasteiger charge is -2.38. The summed E-state index contributed by atoms with van der Waals surface area (Å²) in [5.74, 6) is 2.84. The van der Waals surface area contributed by atoms with Crippen LogP contribution in [0.15, 0.2) is 24.3 Å². The fraction of sp³-hybridized carbons (Fsp3) is 0.625. The minimum absolute atomic E-state index is 0.887. The topological polar surface area (TPSA) is 0 Å². The molecule has 1 aliphatic rings. The van der Waals surface area contributed by atoms with Gasteiger partial charge in [-0.3, -0.25) is 0 Å². The van der Waals surface area contributed by atoms with Crippen LogP contribution in [-0.4, -0.2) is 0 Å². The molecule has 1 aliphatic carbocycles. The molecule has 0 N–H and O–H groups in total. The predicted octanol–water partition coefficient (Wildman–Crippen LogP) is 4.47. The number of benzene rings is 1. The Labute approximate surface area is 100 Å². The van der Waals surface area contributed by atoms with Gasteiger partial charge in [-0.05, 0) is 54.6 Å². The molecule has 1 fully saturated rings. The molecule has 0 bridgehead atoms. The van der Waals surface area contributed by atoms with Gasteiger partial charge in [0.2, 0.25) is 0 Å². The highest BCUT2D eigenvalue weighted by Crippen LogP contribution is 2.40. The van der Waals surface area contributed by atoms with Gasteiger partial charge in [-0.1, -0.05) is 45.0 Å². The van der Waals surface area contributed by atoms with Crippen molar-refractivity contribution in [2.45, 2.75) is 46.5 Å². The van der Waals surface area contributed by atoms with Crippen molar-refractivity contribution in [2.24, 2.45) is 17.8 Å². The maximum absolute atomic E-state index is 2.39. The van der Waals surface area contributed by atoms with Crippen molar-refractivity contribution in [3.63, 3.8) is 0 Å². The molecule has 0 unspecified atom stereocenters. The molecule has 0 radical (unpaired) electrons. The molecule has 0 saturated heterocycles. The fourth-order valence-electron chi connectivity index (χ4n) is 2.81. The highest BCUT2D eigenvalue weighted by atomic mass is 14.4. The molecule has 0 heterocycles. The van der Waals surface area contributed by atoms with Gasteiger partial charge in [-0.2, -0.15) is 0 Å². The Balaban J connectivity index is 1.86. The molecule has 88 valence electrons. The van der Waals surface area contributed by atoms with Gasteiger partial charge in [0.15, 0.2) is 0 Å². The third-order valence-corrected chi connectivity index (χ3v) is 4.14. The molecule has 1 saturated carbocycles. The lowest BCUT2D eigenvalue weighted by molar-refractivity contribution is 0.141. The van der Waals surface area contributed by atoms with E-state index in [0.29, 0.717) is 0 Å². The van der Waals surface area contributed by atoms with Crippen molar-refractivity contribution in [2.75, 3.05) is 0 Å². The summed E-state index contributed by atoms with van der Waals surface area (Å²) in [6.07, 6.45) is 5.37. The molecule has 0 aromatic heterocycles. The summed E-state index contributed by atoms with van der Waals surface area (Å²) in [6, 6.07) is 9.14. The lowest BCUT2D eigenvalue weighted by atomic mass is 9.67. The SMILES string of the molecule is CCc1cccc(CC2CC(C(C)C)C2)c1. The van der Waals surface area contributed by atoms with Crippen molar-refractivity contribution in [1.82, 2.24) is 0 Å². The maximum Gasteiger partial charge on any atom is -0.0250 e. The minimum Gasteiger partial charge on any atom is -0.0625 e. The second-order valence-electron chi connectivity index (χ2n) is 5.72. The third-order valence-electron chi connectivity index (χ3n) is 4.14. The molecule has 0 heteroatoms. The van der Waals surface area contributed by atoms with E-state index < -0.39 is 0 Å². The van der Waals surface area contributed by atoms with Crippen molar-refractivity contribution in [1.29, 1.82) is 0 Å². The molecule has 0 amide bonds. The third kappa shape index (κ3) is 2.66. The van der Waals surface area contributed by atoms with E-state index in [0.717, 1.165) is 24.2 Å². The van der Waals surface area contributed by atoms with Crippen LogP contribution in [0.3, 0.4) is 0 Å². The summed E-state index contributed by atoms with van der Waals surface area (Å²) in [4.78, 5) is 0. The first-order valence-electron chi connectivity index (χ1n) is 6.76. The summed E-state index contributed by atoms with van der Waals surface area (Å²) in [5, 5.41) is 0. The highest BCUT2D eigenvalue weighted by molar-refractivity contribution is 5.24. The van der Waals surface area contributed by atoms with Gasteiger partial charge < -0.3 is 0 Å². The van der Waals surface area contributed by atoms with Crippen molar-refractivity contribution in [3.8, 4) is 0 Å². The maximum atomic E-state index is 2.39. The van der Waals surface area contributed by atoms with Crippen molar-refractivity contribution < 1.29 is 0 Å². The summed E-state index contributed by atoms with van der Waals surface area (Å²) < 4.78 is 0. The van der Waals surface area contributed by atoms with Crippen LogP contribution >= 0.6 is 0 Å². The van der Waals surface area contributed by atoms with Gasteiger partial charge in [0.25, 0.3) is 0 Å². The van der Waals surface area contributed by atoms with E-state index in [1.54, 1.807) is 5.56 Å². The Morgan fingerprint density at radius 1 is 1.19 bits per heavy atom. The molecule has 16 heavy (non-hydrogen) atoms. The fourth-order valence-corrected chi connectivity index (χ4v) is 2.81. The molecule has 1 aromatic rings. The molecule has 1 aromatic carbocycles. The quantitative estimate of drug-likeness (QED) is 0.696. The Hall–Kier alpha value is -0.780. The number of rotatable bonds is 4. The largest absolute Gasteiger partial charge is 0.0625 e. The number of aryl methyl sites for hydroxylation is 1.